The van der Waals surface area contributed by atoms with E-state index in [-0.39, 0.29) is 27.7 Å². The number of benzene rings is 2. The summed E-state index contributed by atoms with van der Waals surface area (Å²) >= 11 is 17.8. The number of hydrogen-bond acceptors (Lipinski definition) is 2. The van der Waals surface area contributed by atoms with E-state index in [0.717, 1.165) is 5.56 Å². The van der Waals surface area contributed by atoms with E-state index in [4.69, 9.17) is 40.5 Å². The molecule has 0 fully saturated rings. The third-order valence-electron chi connectivity index (χ3n) is 3.04. The second-order valence-corrected chi connectivity index (χ2v) is 5.85. The number of amides is 1. The van der Waals surface area contributed by atoms with E-state index in [1.165, 1.54) is 12.1 Å². The SMILES string of the molecule is C[C@@H](NC(=O)c1cc(Cl)c(N)c(Cl)c1)c1cccc(Cl)c1. The predicted molar refractivity (Wildman–Crippen MR) is 88.2 cm³/mol. The van der Waals surface area contributed by atoms with Crippen LogP contribution in [-0.2, 0) is 0 Å². The number of carbonyl (C=O) groups is 1. The number of halogens is 3. The van der Waals surface area contributed by atoms with Crippen molar-refractivity contribution in [3.8, 4) is 0 Å². The highest BCUT2D eigenvalue weighted by Gasteiger charge is 2.14. The first-order valence-electron chi connectivity index (χ1n) is 6.19. The van der Waals surface area contributed by atoms with Gasteiger partial charge in [-0.2, -0.15) is 0 Å². The molecule has 21 heavy (non-hydrogen) atoms. The summed E-state index contributed by atoms with van der Waals surface area (Å²) in [6.07, 6.45) is 0. The maximum Gasteiger partial charge on any atom is 0.251 e. The average molecular weight is 344 g/mol. The topological polar surface area (TPSA) is 55.1 Å². The van der Waals surface area contributed by atoms with Crippen LogP contribution in [0.15, 0.2) is 36.4 Å². The van der Waals surface area contributed by atoms with Gasteiger partial charge in [0.1, 0.15) is 0 Å². The van der Waals surface area contributed by atoms with Crippen molar-refractivity contribution < 1.29 is 4.79 Å². The number of carbonyl (C=O) groups excluding carboxylic acids is 1. The minimum Gasteiger partial charge on any atom is -0.396 e. The van der Waals surface area contributed by atoms with Crippen molar-refractivity contribution in [1.29, 1.82) is 0 Å². The minimum absolute atomic E-state index is 0.202. The molecule has 6 heteroatoms. The summed E-state index contributed by atoms with van der Waals surface area (Å²) in [6.45, 7) is 1.87. The molecular formula is C15H13Cl3N2O. The zero-order chi connectivity index (χ0) is 15.6. The third kappa shape index (κ3) is 3.82. The standard InChI is InChI=1S/C15H13Cl3N2O/c1-8(9-3-2-4-11(16)5-9)20-15(21)10-6-12(17)14(19)13(18)7-10/h2-8H,19H2,1H3,(H,20,21)/t8-/m1/s1. The summed E-state index contributed by atoms with van der Waals surface area (Å²) in [7, 11) is 0. The molecule has 0 saturated carbocycles. The van der Waals surface area contributed by atoms with Crippen molar-refractivity contribution in [2.75, 3.05) is 5.73 Å². The first kappa shape index (κ1) is 16.0. The summed E-state index contributed by atoms with van der Waals surface area (Å²) in [4.78, 5) is 12.2. The van der Waals surface area contributed by atoms with Crippen LogP contribution < -0.4 is 11.1 Å². The molecule has 110 valence electrons. The van der Waals surface area contributed by atoms with E-state index in [9.17, 15) is 4.79 Å². The molecular weight excluding hydrogens is 331 g/mol. The quantitative estimate of drug-likeness (QED) is 0.792. The smallest absolute Gasteiger partial charge is 0.251 e. The van der Waals surface area contributed by atoms with Crippen LogP contribution in [0.1, 0.15) is 28.9 Å². The highest BCUT2D eigenvalue weighted by molar-refractivity contribution is 6.39. The molecule has 0 saturated heterocycles. The number of nitrogens with one attached hydrogen (secondary N) is 1. The fourth-order valence-electron chi connectivity index (χ4n) is 1.85. The Balaban J connectivity index is 2.18. The Morgan fingerprint density at radius 2 is 1.76 bits per heavy atom. The van der Waals surface area contributed by atoms with Gasteiger partial charge in [0, 0.05) is 10.6 Å². The first-order chi connectivity index (χ1) is 9.88. The van der Waals surface area contributed by atoms with Crippen LogP contribution in [-0.4, -0.2) is 5.91 Å². The van der Waals surface area contributed by atoms with Crippen LogP contribution in [0, 0.1) is 0 Å². The van der Waals surface area contributed by atoms with Gasteiger partial charge >= 0.3 is 0 Å². The lowest BCUT2D eigenvalue weighted by Gasteiger charge is -2.15. The van der Waals surface area contributed by atoms with Gasteiger partial charge in [0.25, 0.3) is 5.91 Å². The first-order valence-corrected chi connectivity index (χ1v) is 7.32. The molecule has 2 aromatic carbocycles. The second-order valence-electron chi connectivity index (χ2n) is 4.60. The van der Waals surface area contributed by atoms with Gasteiger partial charge in [-0.25, -0.2) is 0 Å². The molecule has 1 atom stereocenters. The molecule has 0 unspecified atom stereocenters. The van der Waals surface area contributed by atoms with Crippen LogP contribution in [0.5, 0.6) is 0 Å². The fourth-order valence-corrected chi connectivity index (χ4v) is 2.54. The summed E-state index contributed by atoms with van der Waals surface area (Å²) in [5, 5.41) is 3.98. The predicted octanol–water partition coefficient (Wildman–Crippen LogP) is 4.72. The lowest BCUT2D eigenvalue weighted by Crippen LogP contribution is -2.26. The zero-order valence-electron chi connectivity index (χ0n) is 11.2. The highest BCUT2D eigenvalue weighted by Crippen LogP contribution is 2.29. The summed E-state index contributed by atoms with van der Waals surface area (Å²) in [6, 6.07) is 10.1. The molecule has 2 rings (SSSR count). The largest absolute Gasteiger partial charge is 0.396 e. The third-order valence-corrected chi connectivity index (χ3v) is 3.90. The molecule has 0 aliphatic rings. The molecule has 0 bridgehead atoms. The normalized spacial score (nSPS) is 12.0. The maximum atomic E-state index is 12.2. The van der Waals surface area contributed by atoms with Crippen LogP contribution in [0.3, 0.4) is 0 Å². The maximum absolute atomic E-state index is 12.2. The van der Waals surface area contributed by atoms with Gasteiger partial charge < -0.3 is 11.1 Å². The molecule has 0 aromatic heterocycles. The van der Waals surface area contributed by atoms with Gasteiger partial charge in [-0.05, 0) is 36.8 Å². The second kappa shape index (κ2) is 6.56. The van der Waals surface area contributed by atoms with Crippen LogP contribution in [0.4, 0.5) is 5.69 Å². The van der Waals surface area contributed by atoms with Crippen molar-refractivity contribution in [3.63, 3.8) is 0 Å². The molecule has 0 spiro atoms. The lowest BCUT2D eigenvalue weighted by atomic mass is 10.1. The van der Waals surface area contributed by atoms with Gasteiger partial charge in [0.05, 0.1) is 21.8 Å². The Bertz CT molecular complexity index is 665. The molecule has 3 nitrogen and oxygen atoms in total. The van der Waals surface area contributed by atoms with Crippen LogP contribution in [0.2, 0.25) is 15.1 Å². The lowest BCUT2D eigenvalue weighted by molar-refractivity contribution is 0.0940. The molecule has 0 aliphatic heterocycles. The molecule has 0 heterocycles. The average Bonchev–Trinajstić information content (AvgIpc) is 2.44. The molecule has 2 aromatic rings. The minimum atomic E-state index is -0.286. The van der Waals surface area contributed by atoms with Gasteiger partial charge in [0.2, 0.25) is 0 Å². The number of anilines is 1. The number of rotatable bonds is 3. The van der Waals surface area contributed by atoms with Crippen molar-refractivity contribution in [2.24, 2.45) is 0 Å². The summed E-state index contributed by atoms with van der Waals surface area (Å²) < 4.78 is 0. The van der Waals surface area contributed by atoms with E-state index >= 15 is 0 Å². The molecule has 0 aliphatic carbocycles. The Morgan fingerprint density at radius 1 is 1.14 bits per heavy atom. The Labute approximate surface area is 138 Å². The van der Waals surface area contributed by atoms with Crippen molar-refractivity contribution in [3.05, 3.63) is 62.6 Å². The van der Waals surface area contributed by atoms with Crippen LogP contribution >= 0.6 is 34.8 Å². The van der Waals surface area contributed by atoms with Gasteiger partial charge in [-0.3, -0.25) is 4.79 Å². The molecule has 0 radical (unpaired) electrons. The fraction of sp³-hybridized carbons (Fsp3) is 0.133. The van der Waals surface area contributed by atoms with Gasteiger partial charge in [-0.1, -0.05) is 46.9 Å². The van der Waals surface area contributed by atoms with E-state index in [1.54, 1.807) is 12.1 Å². The molecule has 1 amide bonds. The van der Waals surface area contributed by atoms with Crippen LogP contribution in [0.25, 0.3) is 0 Å². The van der Waals surface area contributed by atoms with Gasteiger partial charge in [-0.15, -0.1) is 0 Å². The van der Waals surface area contributed by atoms with E-state index in [0.29, 0.717) is 10.6 Å². The Kier molecular flexibility index (Phi) is 4.99. The zero-order valence-corrected chi connectivity index (χ0v) is 13.4. The highest BCUT2D eigenvalue weighted by atomic mass is 35.5. The van der Waals surface area contributed by atoms with Gasteiger partial charge in [0.15, 0.2) is 0 Å². The number of nitrogen functional groups attached to an aromatic ring is 1. The van der Waals surface area contributed by atoms with E-state index in [2.05, 4.69) is 5.32 Å². The number of nitrogens with two attached hydrogens (primary N) is 1. The molecule has 3 N–H and O–H groups in total. The Hall–Kier alpha value is -1.42. The summed E-state index contributed by atoms with van der Waals surface area (Å²) in [5.74, 6) is -0.286. The van der Waals surface area contributed by atoms with E-state index < -0.39 is 0 Å². The number of hydrogen-bond donors (Lipinski definition) is 2. The van der Waals surface area contributed by atoms with Crippen molar-refractivity contribution in [2.45, 2.75) is 13.0 Å². The van der Waals surface area contributed by atoms with Crippen molar-refractivity contribution >= 4 is 46.4 Å². The summed E-state index contributed by atoms with van der Waals surface area (Å²) in [5.41, 5.74) is 7.17. The monoisotopic (exact) mass is 342 g/mol. The van der Waals surface area contributed by atoms with E-state index in [1.807, 2.05) is 19.1 Å². The Morgan fingerprint density at radius 3 is 2.33 bits per heavy atom. The van der Waals surface area contributed by atoms with Crippen molar-refractivity contribution in [1.82, 2.24) is 5.32 Å².